The van der Waals surface area contributed by atoms with E-state index in [0.29, 0.717) is 19.0 Å². The van der Waals surface area contributed by atoms with Gasteiger partial charge in [0.15, 0.2) is 5.96 Å². The molecule has 1 aliphatic rings. The molecule has 0 bridgehead atoms. The van der Waals surface area contributed by atoms with Crippen LogP contribution in [0.5, 0.6) is 0 Å². The number of hydrogen-bond donors (Lipinski definition) is 2. The average molecular weight is 536 g/mol. The fraction of sp³-hybridized carbons (Fsp3) is 0.524. The molecular formula is C21H28F3IN4O. The van der Waals surface area contributed by atoms with E-state index in [0.717, 1.165) is 54.3 Å². The number of hydrogen-bond acceptors (Lipinski definition) is 3. The molecule has 1 aromatic carbocycles. The molecule has 9 heteroatoms. The molecule has 2 aromatic rings. The molecule has 0 saturated heterocycles. The van der Waals surface area contributed by atoms with Crippen molar-refractivity contribution >= 4 is 29.9 Å². The molecule has 0 spiro atoms. The summed E-state index contributed by atoms with van der Waals surface area (Å²) >= 11 is 0. The quantitative estimate of drug-likeness (QED) is 0.318. The molecule has 0 atom stereocenters. The standard InChI is InChI=1S/C21H27F3N4O.HI/c1-14-18(15(2)29-28-14)8-11-26-19(25-3)27-13-20(9-5-10-20)16-6-4-7-17(12-16)21(22,23)24;/h4,6-7,12H,5,8-11,13H2,1-3H3,(H2,25,26,27);1H. The molecule has 166 valence electrons. The third-order valence-corrected chi connectivity index (χ3v) is 5.78. The summed E-state index contributed by atoms with van der Waals surface area (Å²) in [5, 5.41) is 10.5. The first-order valence-electron chi connectivity index (χ1n) is 9.79. The molecule has 0 aliphatic heterocycles. The van der Waals surface area contributed by atoms with Crippen molar-refractivity contribution in [3.8, 4) is 0 Å². The Kier molecular flexibility index (Phi) is 8.18. The van der Waals surface area contributed by atoms with Gasteiger partial charge in [-0.3, -0.25) is 4.99 Å². The Morgan fingerprint density at radius 1 is 1.23 bits per heavy atom. The second-order valence-corrected chi connectivity index (χ2v) is 7.62. The van der Waals surface area contributed by atoms with Gasteiger partial charge >= 0.3 is 6.18 Å². The van der Waals surface area contributed by atoms with Crippen LogP contribution in [0.4, 0.5) is 13.2 Å². The smallest absolute Gasteiger partial charge is 0.361 e. The van der Waals surface area contributed by atoms with E-state index in [9.17, 15) is 13.2 Å². The van der Waals surface area contributed by atoms with Crippen LogP contribution in [0, 0.1) is 13.8 Å². The van der Waals surface area contributed by atoms with Crippen molar-refractivity contribution in [3.63, 3.8) is 0 Å². The van der Waals surface area contributed by atoms with Gasteiger partial charge in [-0.2, -0.15) is 13.2 Å². The Labute approximate surface area is 191 Å². The van der Waals surface area contributed by atoms with Gasteiger partial charge < -0.3 is 15.2 Å². The lowest BCUT2D eigenvalue weighted by Gasteiger charge is -2.43. The molecule has 5 nitrogen and oxygen atoms in total. The Morgan fingerprint density at radius 3 is 2.50 bits per heavy atom. The van der Waals surface area contributed by atoms with E-state index in [2.05, 4.69) is 20.8 Å². The highest BCUT2D eigenvalue weighted by Gasteiger charge is 2.40. The Morgan fingerprint density at radius 2 is 1.97 bits per heavy atom. The van der Waals surface area contributed by atoms with Crippen LogP contribution in [0.15, 0.2) is 33.8 Å². The lowest BCUT2D eigenvalue weighted by Crippen LogP contribution is -2.49. The summed E-state index contributed by atoms with van der Waals surface area (Å²) in [6.45, 7) is 4.99. The molecule has 30 heavy (non-hydrogen) atoms. The zero-order chi connectivity index (χ0) is 21.1. The minimum absolute atomic E-state index is 0. The third kappa shape index (κ3) is 5.47. The van der Waals surface area contributed by atoms with Crippen LogP contribution in [0.1, 0.15) is 47.4 Å². The van der Waals surface area contributed by atoms with Crippen molar-refractivity contribution in [1.29, 1.82) is 0 Å². The maximum Gasteiger partial charge on any atom is 0.416 e. The van der Waals surface area contributed by atoms with Gasteiger partial charge in [-0.15, -0.1) is 24.0 Å². The molecule has 1 heterocycles. The predicted molar refractivity (Wildman–Crippen MR) is 121 cm³/mol. The number of guanidine groups is 1. The summed E-state index contributed by atoms with van der Waals surface area (Å²) in [5.41, 5.74) is 1.80. The third-order valence-electron chi connectivity index (χ3n) is 5.78. The predicted octanol–water partition coefficient (Wildman–Crippen LogP) is 4.76. The second-order valence-electron chi connectivity index (χ2n) is 7.62. The topological polar surface area (TPSA) is 62.5 Å². The number of rotatable bonds is 6. The number of aliphatic imine (C=N–C) groups is 1. The Bertz CT molecular complexity index is 856. The molecule has 1 fully saturated rings. The van der Waals surface area contributed by atoms with Gasteiger partial charge in [-0.1, -0.05) is 29.8 Å². The number of benzene rings is 1. The molecular weight excluding hydrogens is 508 g/mol. The van der Waals surface area contributed by atoms with Gasteiger partial charge in [-0.25, -0.2) is 0 Å². The van der Waals surface area contributed by atoms with Crippen LogP contribution in [-0.2, 0) is 18.0 Å². The first kappa shape index (κ1) is 24.5. The van der Waals surface area contributed by atoms with Crippen LogP contribution < -0.4 is 10.6 Å². The second kappa shape index (κ2) is 10.0. The number of halogens is 4. The minimum atomic E-state index is -4.33. The summed E-state index contributed by atoms with van der Waals surface area (Å²) in [6, 6.07) is 5.70. The van der Waals surface area contributed by atoms with Crippen LogP contribution >= 0.6 is 24.0 Å². The molecule has 0 amide bonds. The van der Waals surface area contributed by atoms with E-state index >= 15 is 0 Å². The summed E-state index contributed by atoms with van der Waals surface area (Å²) < 4.78 is 44.5. The van der Waals surface area contributed by atoms with Gasteiger partial charge in [0.1, 0.15) is 5.76 Å². The van der Waals surface area contributed by atoms with Crippen molar-refractivity contribution in [3.05, 3.63) is 52.4 Å². The lowest BCUT2D eigenvalue weighted by molar-refractivity contribution is -0.137. The van der Waals surface area contributed by atoms with Gasteiger partial charge in [0.25, 0.3) is 0 Å². The Balaban J connectivity index is 0.00000320. The lowest BCUT2D eigenvalue weighted by atomic mass is 9.64. The summed E-state index contributed by atoms with van der Waals surface area (Å²) in [6.07, 6.45) is -0.852. The maximum atomic E-state index is 13.1. The van der Waals surface area contributed by atoms with Gasteiger partial charge in [0.05, 0.1) is 11.3 Å². The van der Waals surface area contributed by atoms with Gasteiger partial charge in [0, 0.05) is 31.1 Å². The van der Waals surface area contributed by atoms with E-state index in [1.807, 2.05) is 13.8 Å². The summed E-state index contributed by atoms with van der Waals surface area (Å²) in [5.74, 6) is 1.44. The Hall–Kier alpha value is -1.78. The van der Waals surface area contributed by atoms with Crippen molar-refractivity contribution in [2.45, 2.75) is 51.1 Å². The van der Waals surface area contributed by atoms with Gasteiger partial charge in [0.2, 0.25) is 0 Å². The first-order chi connectivity index (χ1) is 13.7. The largest absolute Gasteiger partial charge is 0.416 e. The van der Waals surface area contributed by atoms with E-state index in [-0.39, 0.29) is 29.4 Å². The van der Waals surface area contributed by atoms with Crippen molar-refractivity contribution in [2.75, 3.05) is 20.1 Å². The van der Waals surface area contributed by atoms with Crippen LogP contribution in [0.2, 0.25) is 0 Å². The molecule has 3 rings (SSSR count). The number of aryl methyl sites for hydroxylation is 2. The van der Waals surface area contributed by atoms with E-state index < -0.39 is 11.7 Å². The molecule has 1 aromatic heterocycles. The van der Waals surface area contributed by atoms with E-state index in [4.69, 9.17) is 4.52 Å². The molecule has 0 unspecified atom stereocenters. The average Bonchev–Trinajstić information content (AvgIpc) is 2.97. The minimum Gasteiger partial charge on any atom is -0.361 e. The fourth-order valence-electron chi connectivity index (χ4n) is 3.83. The highest BCUT2D eigenvalue weighted by Crippen LogP contribution is 2.44. The van der Waals surface area contributed by atoms with E-state index in [1.54, 1.807) is 13.1 Å². The zero-order valence-corrected chi connectivity index (χ0v) is 19.7. The number of alkyl halides is 3. The highest BCUT2D eigenvalue weighted by molar-refractivity contribution is 14.0. The van der Waals surface area contributed by atoms with Crippen molar-refractivity contribution in [1.82, 2.24) is 15.8 Å². The fourth-order valence-corrected chi connectivity index (χ4v) is 3.83. The monoisotopic (exact) mass is 536 g/mol. The SMILES string of the molecule is CN=C(NCCc1c(C)noc1C)NCC1(c2cccc(C(F)(F)F)c2)CCC1.I. The van der Waals surface area contributed by atoms with Crippen molar-refractivity contribution in [2.24, 2.45) is 4.99 Å². The normalized spacial score (nSPS) is 15.9. The molecule has 1 saturated carbocycles. The number of nitrogens with zero attached hydrogens (tertiary/aromatic N) is 2. The van der Waals surface area contributed by atoms with E-state index in [1.165, 1.54) is 12.1 Å². The zero-order valence-electron chi connectivity index (χ0n) is 17.4. The first-order valence-corrected chi connectivity index (χ1v) is 9.79. The molecule has 1 aliphatic carbocycles. The van der Waals surface area contributed by atoms with Crippen LogP contribution in [0.25, 0.3) is 0 Å². The van der Waals surface area contributed by atoms with Crippen molar-refractivity contribution < 1.29 is 17.7 Å². The number of aromatic nitrogens is 1. The maximum absolute atomic E-state index is 13.1. The number of nitrogens with one attached hydrogen (secondary N) is 2. The highest BCUT2D eigenvalue weighted by atomic mass is 127. The summed E-state index contributed by atoms with van der Waals surface area (Å²) in [4.78, 5) is 4.24. The van der Waals surface area contributed by atoms with Gasteiger partial charge in [-0.05, 0) is 44.7 Å². The molecule has 0 radical (unpaired) electrons. The summed E-state index contributed by atoms with van der Waals surface area (Å²) in [7, 11) is 1.68. The van der Waals surface area contributed by atoms with Crippen LogP contribution in [0.3, 0.4) is 0 Å². The molecule has 2 N–H and O–H groups in total. The van der Waals surface area contributed by atoms with Crippen LogP contribution in [-0.4, -0.2) is 31.3 Å².